The van der Waals surface area contributed by atoms with Crippen LogP contribution in [-0.4, -0.2) is 11.1 Å². The van der Waals surface area contributed by atoms with E-state index >= 15 is 0 Å². The van der Waals surface area contributed by atoms with Crippen LogP contribution >= 0.6 is 0 Å². The van der Waals surface area contributed by atoms with Crippen LogP contribution in [0.15, 0.2) is 11.6 Å². The predicted molar refractivity (Wildman–Crippen MR) is 47.9 cm³/mol. The van der Waals surface area contributed by atoms with Gasteiger partial charge in [0.15, 0.2) is 0 Å². The zero-order valence-electron chi connectivity index (χ0n) is 7.71. The molecule has 2 heteroatoms. The number of hydrogen-bond acceptors (Lipinski definition) is 1. The molecule has 0 aromatic carbocycles. The molecule has 0 amide bonds. The van der Waals surface area contributed by atoms with Gasteiger partial charge in [-0.3, -0.25) is 0 Å². The SMILES string of the molecule is CC1CCC(C)/C(=C/C(=O)O)C1. The summed E-state index contributed by atoms with van der Waals surface area (Å²) in [7, 11) is 0. The molecule has 0 aromatic rings. The van der Waals surface area contributed by atoms with Crippen LogP contribution in [0.4, 0.5) is 0 Å². The van der Waals surface area contributed by atoms with Crippen molar-refractivity contribution in [3.63, 3.8) is 0 Å². The van der Waals surface area contributed by atoms with Gasteiger partial charge in [-0.25, -0.2) is 4.79 Å². The summed E-state index contributed by atoms with van der Waals surface area (Å²) >= 11 is 0. The molecular weight excluding hydrogens is 152 g/mol. The standard InChI is InChI=1S/C10H16O2/c1-7-3-4-8(2)9(5-7)6-10(11)12/h6-8H,3-5H2,1-2H3,(H,11,12)/b9-6+. The van der Waals surface area contributed by atoms with E-state index < -0.39 is 5.97 Å². The monoisotopic (exact) mass is 168 g/mol. The van der Waals surface area contributed by atoms with Crippen molar-refractivity contribution in [1.29, 1.82) is 0 Å². The van der Waals surface area contributed by atoms with Gasteiger partial charge in [0.2, 0.25) is 0 Å². The van der Waals surface area contributed by atoms with Crippen LogP contribution in [0.25, 0.3) is 0 Å². The highest BCUT2D eigenvalue weighted by Crippen LogP contribution is 2.32. The van der Waals surface area contributed by atoms with Gasteiger partial charge in [-0.05, 0) is 31.1 Å². The van der Waals surface area contributed by atoms with Gasteiger partial charge in [-0.1, -0.05) is 19.4 Å². The second-order valence-corrected chi connectivity index (χ2v) is 3.85. The Hall–Kier alpha value is -0.790. The number of aliphatic carboxylic acids is 1. The van der Waals surface area contributed by atoms with Crippen LogP contribution in [-0.2, 0) is 4.79 Å². The summed E-state index contributed by atoms with van der Waals surface area (Å²) in [6, 6.07) is 0. The molecular formula is C10H16O2. The average molecular weight is 168 g/mol. The van der Waals surface area contributed by atoms with E-state index in [0.717, 1.165) is 18.4 Å². The van der Waals surface area contributed by atoms with Crippen LogP contribution in [0.5, 0.6) is 0 Å². The van der Waals surface area contributed by atoms with E-state index in [1.165, 1.54) is 12.5 Å². The minimum atomic E-state index is -0.800. The molecule has 2 nitrogen and oxygen atoms in total. The Labute approximate surface area is 73.3 Å². The zero-order valence-corrected chi connectivity index (χ0v) is 7.71. The summed E-state index contributed by atoms with van der Waals surface area (Å²) in [5.41, 5.74) is 1.11. The molecule has 12 heavy (non-hydrogen) atoms. The van der Waals surface area contributed by atoms with Crippen molar-refractivity contribution in [2.24, 2.45) is 11.8 Å². The van der Waals surface area contributed by atoms with Crippen molar-refractivity contribution in [3.05, 3.63) is 11.6 Å². The fraction of sp³-hybridized carbons (Fsp3) is 0.700. The third kappa shape index (κ3) is 2.36. The van der Waals surface area contributed by atoms with Crippen LogP contribution in [0, 0.1) is 11.8 Å². The molecule has 0 spiro atoms. The minimum Gasteiger partial charge on any atom is -0.478 e. The summed E-state index contributed by atoms with van der Waals surface area (Å²) in [5.74, 6) is 0.329. The van der Waals surface area contributed by atoms with Crippen LogP contribution in [0.3, 0.4) is 0 Å². The molecule has 1 N–H and O–H groups in total. The second kappa shape index (κ2) is 3.74. The minimum absolute atomic E-state index is 0.470. The molecule has 0 bridgehead atoms. The maximum absolute atomic E-state index is 10.4. The molecule has 68 valence electrons. The summed E-state index contributed by atoms with van der Waals surface area (Å²) in [5, 5.41) is 8.59. The maximum Gasteiger partial charge on any atom is 0.328 e. The topological polar surface area (TPSA) is 37.3 Å². The lowest BCUT2D eigenvalue weighted by molar-refractivity contribution is -0.131. The summed E-state index contributed by atoms with van der Waals surface area (Å²) < 4.78 is 0. The number of allylic oxidation sites excluding steroid dienone is 1. The highest BCUT2D eigenvalue weighted by molar-refractivity contribution is 5.80. The normalized spacial score (nSPS) is 33.7. The number of carboxylic acids is 1. The number of rotatable bonds is 1. The van der Waals surface area contributed by atoms with Gasteiger partial charge in [0.1, 0.15) is 0 Å². The summed E-state index contributed by atoms with van der Waals surface area (Å²) in [6.07, 6.45) is 4.73. The lowest BCUT2D eigenvalue weighted by Gasteiger charge is -2.26. The fourth-order valence-electron chi connectivity index (χ4n) is 1.79. The van der Waals surface area contributed by atoms with E-state index in [1.54, 1.807) is 0 Å². The Morgan fingerprint density at radius 3 is 2.75 bits per heavy atom. The Morgan fingerprint density at radius 1 is 1.50 bits per heavy atom. The van der Waals surface area contributed by atoms with E-state index in [4.69, 9.17) is 5.11 Å². The zero-order chi connectivity index (χ0) is 9.14. The van der Waals surface area contributed by atoms with Crippen molar-refractivity contribution < 1.29 is 9.90 Å². The van der Waals surface area contributed by atoms with Gasteiger partial charge in [0.25, 0.3) is 0 Å². The second-order valence-electron chi connectivity index (χ2n) is 3.85. The maximum atomic E-state index is 10.4. The van der Waals surface area contributed by atoms with Gasteiger partial charge in [-0.15, -0.1) is 0 Å². The highest BCUT2D eigenvalue weighted by atomic mass is 16.4. The van der Waals surface area contributed by atoms with Crippen molar-refractivity contribution in [2.75, 3.05) is 0 Å². The molecule has 1 aliphatic carbocycles. The van der Waals surface area contributed by atoms with Crippen LogP contribution in [0.2, 0.25) is 0 Å². The van der Waals surface area contributed by atoms with Crippen molar-refractivity contribution in [3.8, 4) is 0 Å². The lowest BCUT2D eigenvalue weighted by atomic mass is 9.80. The Kier molecular flexibility index (Phi) is 2.90. The first kappa shape index (κ1) is 9.30. The first-order chi connectivity index (χ1) is 5.59. The van der Waals surface area contributed by atoms with Gasteiger partial charge >= 0.3 is 5.97 Å². The molecule has 1 aliphatic rings. The highest BCUT2D eigenvalue weighted by Gasteiger charge is 2.19. The number of carbonyl (C=O) groups is 1. The molecule has 0 aliphatic heterocycles. The molecule has 1 rings (SSSR count). The van der Waals surface area contributed by atoms with Gasteiger partial charge < -0.3 is 5.11 Å². The molecule has 0 saturated heterocycles. The van der Waals surface area contributed by atoms with Gasteiger partial charge in [0.05, 0.1) is 0 Å². The predicted octanol–water partition coefficient (Wildman–Crippen LogP) is 2.45. The van der Waals surface area contributed by atoms with Gasteiger partial charge in [0, 0.05) is 6.08 Å². The van der Waals surface area contributed by atoms with Crippen molar-refractivity contribution >= 4 is 5.97 Å². The Balaban J connectivity index is 2.66. The third-order valence-corrected chi connectivity index (χ3v) is 2.62. The Bertz CT molecular complexity index is 206. The molecule has 1 fully saturated rings. The summed E-state index contributed by atoms with van der Waals surface area (Å²) in [4.78, 5) is 10.4. The average Bonchev–Trinajstić information content (AvgIpc) is 1.96. The van der Waals surface area contributed by atoms with E-state index in [9.17, 15) is 4.79 Å². The molecule has 1 saturated carbocycles. The van der Waals surface area contributed by atoms with E-state index in [1.807, 2.05) is 0 Å². The smallest absolute Gasteiger partial charge is 0.328 e. The van der Waals surface area contributed by atoms with E-state index in [0.29, 0.717) is 11.8 Å². The first-order valence-electron chi connectivity index (χ1n) is 4.53. The number of hydrogen-bond donors (Lipinski definition) is 1. The van der Waals surface area contributed by atoms with Crippen molar-refractivity contribution in [1.82, 2.24) is 0 Å². The largest absolute Gasteiger partial charge is 0.478 e. The lowest BCUT2D eigenvalue weighted by Crippen LogP contribution is -2.14. The molecule has 0 radical (unpaired) electrons. The third-order valence-electron chi connectivity index (χ3n) is 2.62. The van der Waals surface area contributed by atoms with Crippen LogP contribution < -0.4 is 0 Å². The molecule has 0 heterocycles. The first-order valence-corrected chi connectivity index (χ1v) is 4.53. The molecule has 0 aromatic heterocycles. The van der Waals surface area contributed by atoms with E-state index in [-0.39, 0.29) is 0 Å². The molecule has 2 atom stereocenters. The van der Waals surface area contributed by atoms with Crippen LogP contribution in [0.1, 0.15) is 33.1 Å². The molecule has 2 unspecified atom stereocenters. The van der Waals surface area contributed by atoms with Crippen molar-refractivity contribution in [2.45, 2.75) is 33.1 Å². The van der Waals surface area contributed by atoms with Gasteiger partial charge in [-0.2, -0.15) is 0 Å². The Morgan fingerprint density at radius 2 is 2.17 bits per heavy atom. The summed E-state index contributed by atoms with van der Waals surface area (Å²) in [6.45, 7) is 4.29. The number of carboxylic acid groups (broad SMARTS) is 1. The fourth-order valence-corrected chi connectivity index (χ4v) is 1.79. The quantitative estimate of drug-likeness (QED) is 0.610. The van der Waals surface area contributed by atoms with E-state index in [2.05, 4.69) is 13.8 Å².